The van der Waals surface area contributed by atoms with E-state index in [1.54, 1.807) is 0 Å². The van der Waals surface area contributed by atoms with Gasteiger partial charge in [0.2, 0.25) is 5.75 Å². The first-order valence-electron chi connectivity index (χ1n) is 9.35. The second-order valence-corrected chi connectivity index (χ2v) is 7.17. The predicted octanol–water partition coefficient (Wildman–Crippen LogP) is 3.25. The second-order valence-electron chi connectivity index (χ2n) is 7.17. The summed E-state index contributed by atoms with van der Waals surface area (Å²) in [5.74, 6) is -2.07. The van der Waals surface area contributed by atoms with Gasteiger partial charge in [0.1, 0.15) is 5.69 Å². The molecule has 1 amide bonds. The average molecular weight is 410 g/mol. The minimum Gasteiger partial charge on any atom is -0.501 e. The highest BCUT2D eigenvalue weighted by molar-refractivity contribution is 5.95. The van der Waals surface area contributed by atoms with Gasteiger partial charge in [-0.3, -0.25) is 14.6 Å². The number of hydrogen-bond acceptors (Lipinski definition) is 5. The number of aromatic amines is 1. The van der Waals surface area contributed by atoms with Crippen molar-refractivity contribution in [3.8, 4) is 17.3 Å². The number of amides is 1. The quantitative estimate of drug-likeness (QED) is 0.717. The van der Waals surface area contributed by atoms with Crippen LogP contribution in [-0.4, -0.2) is 32.0 Å². The number of halogens is 3. The maximum atomic E-state index is 13.3. The molecule has 2 heterocycles. The Hall–Kier alpha value is -2.91. The largest absolute Gasteiger partial charge is 0.501 e. The Morgan fingerprint density at radius 2 is 2.00 bits per heavy atom. The molecule has 10 heteroatoms. The van der Waals surface area contributed by atoms with Gasteiger partial charge < -0.3 is 15.4 Å². The molecule has 1 aliphatic rings. The van der Waals surface area contributed by atoms with Crippen LogP contribution in [0, 0.1) is 5.92 Å². The summed E-state index contributed by atoms with van der Waals surface area (Å²) < 4.78 is 39.8. The third kappa shape index (κ3) is 4.57. The number of carbonyl (C=O) groups is 1. The molecule has 0 aliphatic heterocycles. The van der Waals surface area contributed by atoms with Gasteiger partial charge in [-0.2, -0.15) is 13.2 Å². The summed E-state index contributed by atoms with van der Waals surface area (Å²) in [5, 5.41) is 12.7. The van der Waals surface area contributed by atoms with Crippen LogP contribution in [-0.2, 0) is 6.18 Å². The van der Waals surface area contributed by atoms with Crippen molar-refractivity contribution in [2.75, 3.05) is 0 Å². The topological polar surface area (TPSA) is 108 Å². The molecule has 2 aromatic heterocycles. The third-order valence-corrected chi connectivity index (χ3v) is 5.16. The summed E-state index contributed by atoms with van der Waals surface area (Å²) >= 11 is 0. The van der Waals surface area contributed by atoms with Gasteiger partial charge in [0, 0.05) is 12.2 Å². The number of nitrogens with one attached hydrogen (secondary N) is 2. The fourth-order valence-electron chi connectivity index (χ4n) is 3.59. The minimum absolute atomic E-state index is 0.229. The van der Waals surface area contributed by atoms with E-state index in [9.17, 15) is 27.9 Å². The van der Waals surface area contributed by atoms with Gasteiger partial charge in [0.25, 0.3) is 11.5 Å². The normalized spacial score (nSPS) is 16.4. The van der Waals surface area contributed by atoms with Crippen LogP contribution in [0.4, 0.5) is 13.2 Å². The van der Waals surface area contributed by atoms with Crippen molar-refractivity contribution in [3.63, 3.8) is 0 Å². The lowest BCUT2D eigenvalue weighted by atomic mass is 9.84. The Balaban J connectivity index is 1.95. The standard InChI is InChI=1S/C19H21F3N4O3/c1-10(11-6-3-2-4-7-11)24-17(28)14-15(27)18(29)26-16(25-14)13-12(19(20,21)22)8-5-9-23-13/h5,8-11,27H,2-4,6-7H2,1H3,(H,24,28)(H,25,26,29)/t10-/m1/s1. The van der Waals surface area contributed by atoms with Gasteiger partial charge >= 0.3 is 6.18 Å². The summed E-state index contributed by atoms with van der Waals surface area (Å²) in [6, 6.07) is 1.66. The predicted molar refractivity (Wildman–Crippen MR) is 98.3 cm³/mol. The van der Waals surface area contributed by atoms with Crippen molar-refractivity contribution in [2.24, 2.45) is 5.92 Å². The summed E-state index contributed by atoms with van der Waals surface area (Å²) in [7, 11) is 0. The molecule has 3 rings (SSSR count). The zero-order chi connectivity index (χ0) is 21.2. The number of nitrogens with zero attached hydrogens (tertiary/aromatic N) is 2. The smallest absolute Gasteiger partial charge is 0.418 e. The number of H-pyrrole nitrogens is 1. The molecule has 0 radical (unpaired) electrons. The van der Waals surface area contributed by atoms with Crippen molar-refractivity contribution in [1.29, 1.82) is 0 Å². The highest BCUT2D eigenvalue weighted by Gasteiger charge is 2.35. The first-order valence-corrected chi connectivity index (χ1v) is 9.35. The monoisotopic (exact) mass is 410 g/mol. The molecule has 0 unspecified atom stereocenters. The number of alkyl halides is 3. The summed E-state index contributed by atoms with van der Waals surface area (Å²) in [6.07, 6.45) is 1.53. The molecular formula is C19H21F3N4O3. The zero-order valence-corrected chi connectivity index (χ0v) is 15.7. The van der Waals surface area contributed by atoms with Gasteiger partial charge in [0.15, 0.2) is 11.5 Å². The minimum atomic E-state index is -4.74. The number of carbonyl (C=O) groups excluding carboxylic acids is 1. The van der Waals surface area contributed by atoms with E-state index in [0.29, 0.717) is 0 Å². The average Bonchev–Trinajstić information content (AvgIpc) is 2.69. The Labute approximate surface area is 164 Å². The van der Waals surface area contributed by atoms with Crippen LogP contribution in [0.1, 0.15) is 55.1 Å². The molecule has 7 nitrogen and oxygen atoms in total. The van der Waals surface area contributed by atoms with Crippen molar-refractivity contribution in [2.45, 2.75) is 51.2 Å². The van der Waals surface area contributed by atoms with Gasteiger partial charge in [-0.25, -0.2) is 4.98 Å². The lowest BCUT2D eigenvalue weighted by Crippen LogP contribution is -2.39. The van der Waals surface area contributed by atoms with Crippen LogP contribution in [0.15, 0.2) is 23.1 Å². The van der Waals surface area contributed by atoms with Crippen LogP contribution in [0.25, 0.3) is 11.5 Å². The number of aromatic hydroxyl groups is 1. The number of pyridine rings is 1. The van der Waals surface area contributed by atoms with E-state index >= 15 is 0 Å². The van der Waals surface area contributed by atoms with E-state index < -0.39 is 46.2 Å². The lowest BCUT2D eigenvalue weighted by Gasteiger charge is -2.28. The molecule has 0 spiro atoms. The van der Waals surface area contributed by atoms with E-state index in [0.717, 1.165) is 50.4 Å². The van der Waals surface area contributed by atoms with Crippen LogP contribution >= 0.6 is 0 Å². The van der Waals surface area contributed by atoms with Crippen molar-refractivity contribution in [1.82, 2.24) is 20.3 Å². The maximum absolute atomic E-state index is 13.3. The van der Waals surface area contributed by atoms with E-state index in [1.165, 1.54) is 0 Å². The van der Waals surface area contributed by atoms with Crippen molar-refractivity contribution < 1.29 is 23.1 Å². The molecule has 1 fully saturated rings. The van der Waals surface area contributed by atoms with Gasteiger partial charge in [0.05, 0.1) is 5.56 Å². The summed E-state index contributed by atoms with van der Waals surface area (Å²) in [5.41, 5.74) is -3.50. The Bertz CT molecular complexity index is 952. The lowest BCUT2D eigenvalue weighted by molar-refractivity contribution is -0.137. The van der Waals surface area contributed by atoms with Crippen LogP contribution in [0.3, 0.4) is 0 Å². The molecule has 0 saturated heterocycles. The Kier molecular flexibility index (Phi) is 5.90. The van der Waals surface area contributed by atoms with Gasteiger partial charge in [-0.05, 0) is 37.8 Å². The molecule has 1 saturated carbocycles. The maximum Gasteiger partial charge on any atom is 0.418 e. The van der Waals surface area contributed by atoms with E-state index in [4.69, 9.17) is 0 Å². The van der Waals surface area contributed by atoms with E-state index in [1.807, 2.05) is 6.92 Å². The third-order valence-electron chi connectivity index (χ3n) is 5.16. The van der Waals surface area contributed by atoms with Gasteiger partial charge in [-0.1, -0.05) is 19.3 Å². The molecule has 1 aliphatic carbocycles. The number of aromatic nitrogens is 3. The van der Waals surface area contributed by atoms with Crippen molar-refractivity contribution in [3.05, 3.63) is 39.9 Å². The summed E-state index contributed by atoms with van der Waals surface area (Å²) in [4.78, 5) is 34.2. The van der Waals surface area contributed by atoms with E-state index in [2.05, 4.69) is 20.3 Å². The molecular weight excluding hydrogens is 389 g/mol. The Morgan fingerprint density at radius 3 is 2.66 bits per heavy atom. The first-order chi connectivity index (χ1) is 13.7. The van der Waals surface area contributed by atoms with Gasteiger partial charge in [-0.15, -0.1) is 0 Å². The van der Waals surface area contributed by atoms with Crippen molar-refractivity contribution >= 4 is 5.91 Å². The van der Waals surface area contributed by atoms with Crippen LogP contribution < -0.4 is 10.9 Å². The highest BCUT2D eigenvalue weighted by atomic mass is 19.4. The molecule has 2 aromatic rings. The Morgan fingerprint density at radius 1 is 1.31 bits per heavy atom. The fourth-order valence-corrected chi connectivity index (χ4v) is 3.59. The summed E-state index contributed by atoms with van der Waals surface area (Å²) in [6.45, 7) is 1.82. The SMILES string of the molecule is C[C@@H](NC(=O)c1nc(-c2ncccc2C(F)(F)F)[nH]c(=O)c1O)C1CCCCC1. The molecule has 0 aromatic carbocycles. The second kappa shape index (κ2) is 8.22. The molecule has 156 valence electrons. The fraction of sp³-hybridized carbons (Fsp3) is 0.474. The molecule has 0 bridgehead atoms. The highest BCUT2D eigenvalue weighted by Crippen LogP contribution is 2.34. The molecule has 1 atom stereocenters. The first kappa shape index (κ1) is 20.8. The van der Waals surface area contributed by atoms with E-state index in [-0.39, 0.29) is 12.0 Å². The zero-order valence-electron chi connectivity index (χ0n) is 15.7. The molecule has 29 heavy (non-hydrogen) atoms. The molecule has 3 N–H and O–H groups in total. The number of rotatable bonds is 4. The number of hydrogen-bond donors (Lipinski definition) is 3. The van der Waals surface area contributed by atoms with Crippen LogP contribution in [0.2, 0.25) is 0 Å². The van der Waals surface area contributed by atoms with Crippen LogP contribution in [0.5, 0.6) is 5.75 Å².